The molecule has 0 bridgehead atoms. The predicted molar refractivity (Wildman–Crippen MR) is 89.1 cm³/mol. The minimum atomic E-state index is -0.830. The third-order valence-electron chi connectivity index (χ3n) is 3.71. The molecular formula is C15H16N6O4. The van der Waals surface area contributed by atoms with Crippen LogP contribution < -0.4 is 16.1 Å². The average molecular weight is 344 g/mol. The third-order valence-corrected chi connectivity index (χ3v) is 3.71. The minimum absolute atomic E-state index is 0.0666. The second kappa shape index (κ2) is 6.23. The molecule has 25 heavy (non-hydrogen) atoms. The second-order valence-electron chi connectivity index (χ2n) is 5.83. The lowest BCUT2D eigenvalue weighted by molar-refractivity contribution is -0.384. The maximum absolute atomic E-state index is 12.6. The molecule has 1 atom stereocenters. The molecule has 0 aliphatic carbocycles. The van der Waals surface area contributed by atoms with E-state index >= 15 is 0 Å². The van der Waals surface area contributed by atoms with Crippen LogP contribution in [0.5, 0.6) is 0 Å². The molecule has 0 saturated carbocycles. The van der Waals surface area contributed by atoms with Gasteiger partial charge in [-0.25, -0.2) is 5.01 Å². The fourth-order valence-corrected chi connectivity index (χ4v) is 2.46. The monoisotopic (exact) mass is 344 g/mol. The summed E-state index contributed by atoms with van der Waals surface area (Å²) in [5, 5.41) is 17.5. The van der Waals surface area contributed by atoms with Crippen molar-refractivity contribution >= 4 is 29.1 Å². The summed E-state index contributed by atoms with van der Waals surface area (Å²) < 4.78 is 0. The van der Waals surface area contributed by atoms with Crippen molar-refractivity contribution in [1.82, 2.24) is 15.8 Å². The number of hydrogen-bond donors (Lipinski definition) is 3. The van der Waals surface area contributed by atoms with E-state index in [0.29, 0.717) is 5.82 Å². The third kappa shape index (κ3) is 3.27. The molecule has 2 aliphatic rings. The highest BCUT2D eigenvalue weighted by molar-refractivity contribution is 6.07. The molecule has 2 heterocycles. The number of hydrazine groups is 1. The summed E-state index contributed by atoms with van der Waals surface area (Å²) in [6, 6.07) is 4.78. The van der Waals surface area contributed by atoms with Crippen LogP contribution in [0.2, 0.25) is 0 Å². The van der Waals surface area contributed by atoms with Crippen LogP contribution in [0.15, 0.2) is 40.7 Å². The molecule has 0 unspecified atom stereocenters. The van der Waals surface area contributed by atoms with Gasteiger partial charge in [0, 0.05) is 17.8 Å². The van der Waals surface area contributed by atoms with Gasteiger partial charge in [-0.15, -0.1) is 0 Å². The Kier molecular flexibility index (Phi) is 4.09. The SMILES string of the molecule is CC(C)=C1N=C2NC(=O)C[C@H](C(=O)Nc3cccc([N+](=O)[O-])c3)N2N1. The van der Waals surface area contributed by atoms with E-state index in [1.54, 1.807) is 6.07 Å². The summed E-state index contributed by atoms with van der Waals surface area (Å²) in [6.45, 7) is 3.70. The van der Waals surface area contributed by atoms with Crippen molar-refractivity contribution in [3.8, 4) is 0 Å². The predicted octanol–water partition coefficient (Wildman–Crippen LogP) is 0.849. The van der Waals surface area contributed by atoms with Crippen LogP contribution >= 0.6 is 0 Å². The van der Waals surface area contributed by atoms with Gasteiger partial charge in [0.1, 0.15) is 11.9 Å². The zero-order chi connectivity index (χ0) is 18.1. The Balaban J connectivity index is 1.81. The number of nitrogens with zero attached hydrogens (tertiary/aromatic N) is 3. The van der Waals surface area contributed by atoms with Crippen LogP contribution in [0.4, 0.5) is 11.4 Å². The lowest BCUT2D eigenvalue weighted by Gasteiger charge is -2.32. The van der Waals surface area contributed by atoms with Crippen molar-refractivity contribution in [2.45, 2.75) is 26.3 Å². The summed E-state index contributed by atoms with van der Waals surface area (Å²) in [5.74, 6) is 0.0218. The van der Waals surface area contributed by atoms with Crippen molar-refractivity contribution in [2.24, 2.45) is 4.99 Å². The largest absolute Gasteiger partial charge is 0.324 e. The van der Waals surface area contributed by atoms with Crippen molar-refractivity contribution in [2.75, 3.05) is 5.32 Å². The number of aliphatic imine (C=N–C) groups is 1. The number of carbonyl (C=O) groups excluding carboxylic acids is 2. The number of rotatable bonds is 3. The Morgan fingerprint density at radius 1 is 1.44 bits per heavy atom. The van der Waals surface area contributed by atoms with Gasteiger partial charge < -0.3 is 5.32 Å². The maximum Gasteiger partial charge on any atom is 0.271 e. The van der Waals surface area contributed by atoms with E-state index in [1.807, 2.05) is 13.8 Å². The van der Waals surface area contributed by atoms with Crippen molar-refractivity contribution < 1.29 is 14.5 Å². The fourth-order valence-electron chi connectivity index (χ4n) is 2.46. The zero-order valence-electron chi connectivity index (χ0n) is 13.6. The fraction of sp³-hybridized carbons (Fsp3) is 0.267. The van der Waals surface area contributed by atoms with E-state index in [0.717, 1.165) is 5.57 Å². The van der Waals surface area contributed by atoms with Gasteiger partial charge in [0.2, 0.25) is 17.8 Å². The Labute approximate surface area is 142 Å². The van der Waals surface area contributed by atoms with Gasteiger partial charge in [0.25, 0.3) is 5.69 Å². The van der Waals surface area contributed by atoms with E-state index in [1.165, 1.54) is 23.2 Å². The van der Waals surface area contributed by atoms with Crippen LogP contribution in [-0.2, 0) is 9.59 Å². The van der Waals surface area contributed by atoms with Gasteiger partial charge in [0.15, 0.2) is 0 Å². The van der Waals surface area contributed by atoms with Crippen molar-refractivity contribution in [1.29, 1.82) is 0 Å². The lowest BCUT2D eigenvalue weighted by Crippen LogP contribution is -2.61. The molecule has 1 aromatic carbocycles. The summed E-state index contributed by atoms with van der Waals surface area (Å²) in [7, 11) is 0. The second-order valence-corrected chi connectivity index (χ2v) is 5.83. The summed E-state index contributed by atoms with van der Waals surface area (Å²) in [6.07, 6.45) is -0.0666. The molecule has 0 radical (unpaired) electrons. The molecule has 10 nitrogen and oxygen atoms in total. The molecule has 1 aromatic rings. The van der Waals surface area contributed by atoms with Gasteiger partial charge in [0.05, 0.1) is 11.3 Å². The molecule has 2 amide bonds. The zero-order valence-corrected chi connectivity index (χ0v) is 13.6. The number of non-ortho nitro benzene ring substituents is 1. The normalized spacial score (nSPS) is 18.7. The summed E-state index contributed by atoms with van der Waals surface area (Å²) in [4.78, 5) is 39.0. The van der Waals surface area contributed by atoms with E-state index in [9.17, 15) is 19.7 Å². The molecule has 0 spiro atoms. The lowest BCUT2D eigenvalue weighted by atomic mass is 10.1. The Morgan fingerprint density at radius 3 is 2.88 bits per heavy atom. The molecular weight excluding hydrogens is 328 g/mol. The number of guanidine groups is 1. The molecule has 0 aromatic heterocycles. The first-order valence-corrected chi connectivity index (χ1v) is 7.52. The Hall–Kier alpha value is -3.43. The van der Waals surface area contributed by atoms with Gasteiger partial charge in [-0.05, 0) is 25.5 Å². The first kappa shape index (κ1) is 16.4. The van der Waals surface area contributed by atoms with Gasteiger partial charge in [-0.3, -0.25) is 30.4 Å². The van der Waals surface area contributed by atoms with Gasteiger partial charge >= 0.3 is 0 Å². The van der Waals surface area contributed by atoms with Crippen LogP contribution in [0.3, 0.4) is 0 Å². The quantitative estimate of drug-likeness (QED) is 0.551. The molecule has 3 N–H and O–H groups in total. The first-order valence-electron chi connectivity index (χ1n) is 7.52. The number of carbonyl (C=O) groups is 2. The summed E-state index contributed by atoms with van der Waals surface area (Å²) >= 11 is 0. The number of nitro benzene ring substituents is 1. The molecule has 3 rings (SSSR count). The highest BCUT2D eigenvalue weighted by atomic mass is 16.6. The number of amides is 2. The molecule has 1 fully saturated rings. The Bertz CT molecular complexity index is 827. The number of allylic oxidation sites excluding steroid dienone is 1. The highest BCUT2D eigenvalue weighted by Gasteiger charge is 2.39. The smallest absolute Gasteiger partial charge is 0.271 e. The highest BCUT2D eigenvalue weighted by Crippen LogP contribution is 2.21. The minimum Gasteiger partial charge on any atom is -0.324 e. The molecule has 10 heteroatoms. The van der Waals surface area contributed by atoms with Crippen LogP contribution in [0.25, 0.3) is 0 Å². The number of hydrogen-bond acceptors (Lipinski definition) is 7. The van der Waals surface area contributed by atoms with E-state index in [-0.39, 0.29) is 29.7 Å². The number of nitrogens with one attached hydrogen (secondary N) is 3. The van der Waals surface area contributed by atoms with Crippen LogP contribution in [-0.4, -0.2) is 33.7 Å². The van der Waals surface area contributed by atoms with Crippen molar-refractivity contribution in [3.05, 3.63) is 45.8 Å². The summed E-state index contributed by atoms with van der Waals surface area (Å²) in [5.41, 5.74) is 4.03. The molecule has 1 saturated heterocycles. The van der Waals surface area contributed by atoms with Crippen LogP contribution in [0.1, 0.15) is 20.3 Å². The number of fused-ring (bicyclic) bond motifs is 1. The number of nitro groups is 1. The number of benzene rings is 1. The molecule has 130 valence electrons. The maximum atomic E-state index is 12.6. The van der Waals surface area contributed by atoms with E-state index in [2.05, 4.69) is 21.1 Å². The van der Waals surface area contributed by atoms with Gasteiger partial charge in [-0.2, -0.15) is 4.99 Å². The molecule has 2 aliphatic heterocycles. The number of anilines is 1. The van der Waals surface area contributed by atoms with Crippen LogP contribution in [0, 0.1) is 10.1 Å². The van der Waals surface area contributed by atoms with E-state index in [4.69, 9.17) is 0 Å². The van der Waals surface area contributed by atoms with E-state index < -0.39 is 16.9 Å². The van der Waals surface area contributed by atoms with Gasteiger partial charge in [-0.1, -0.05) is 6.07 Å². The first-order chi connectivity index (χ1) is 11.8. The Morgan fingerprint density at radius 2 is 2.20 bits per heavy atom. The topological polar surface area (TPSA) is 129 Å². The van der Waals surface area contributed by atoms with Crippen molar-refractivity contribution in [3.63, 3.8) is 0 Å². The average Bonchev–Trinajstić information content (AvgIpc) is 2.98. The standard InChI is InChI=1S/C15H16N6O4/c1-8(2)13-18-15-17-12(22)7-11(20(15)19-13)14(23)16-9-4-3-5-10(6-9)21(24)25/h3-6,11,19H,7H2,1-2H3,(H,16,23)(H,17,18,22)/t11-/m1/s1.